The van der Waals surface area contributed by atoms with Crippen molar-refractivity contribution in [1.82, 2.24) is 14.5 Å². The minimum atomic E-state index is 0.744. The molecule has 0 spiro atoms. The fraction of sp³-hybridized carbons (Fsp3) is 0. The maximum atomic E-state index is 5.36. The molecule has 0 atom stereocenters. The number of aromatic nitrogens is 3. The van der Waals surface area contributed by atoms with Gasteiger partial charge in [-0.05, 0) is 36.4 Å². The minimum absolute atomic E-state index is 0.744. The van der Waals surface area contributed by atoms with Gasteiger partial charge in [-0.3, -0.25) is 0 Å². The van der Waals surface area contributed by atoms with Crippen LogP contribution in [0.3, 0.4) is 0 Å². The quantitative estimate of drug-likeness (QED) is 0.199. The van der Waals surface area contributed by atoms with Crippen molar-refractivity contribution in [2.75, 3.05) is 0 Å². The average Bonchev–Trinajstić information content (AvgIpc) is 3.76. The molecule has 0 fully saturated rings. The van der Waals surface area contributed by atoms with Crippen LogP contribution in [0.25, 0.3) is 90.6 Å². The Morgan fingerprint density at radius 1 is 0.467 bits per heavy atom. The molecule has 4 heterocycles. The Hall–Kier alpha value is -5.36. The summed E-state index contributed by atoms with van der Waals surface area (Å²) in [6, 6.07) is 49.9. The Morgan fingerprint density at radius 3 is 2.02 bits per heavy atom. The highest BCUT2D eigenvalue weighted by Crippen LogP contribution is 2.44. The summed E-state index contributed by atoms with van der Waals surface area (Å²) in [7, 11) is 0. The monoisotopic (exact) mass is 609 g/mol. The maximum Gasteiger partial charge on any atom is 0.161 e. The smallest absolute Gasteiger partial charge is 0.161 e. The average molecular weight is 610 g/mol. The van der Waals surface area contributed by atoms with Crippen molar-refractivity contribution in [2.24, 2.45) is 0 Å². The van der Waals surface area contributed by atoms with Crippen LogP contribution in [-0.4, -0.2) is 14.5 Å². The van der Waals surface area contributed by atoms with Gasteiger partial charge in [0.15, 0.2) is 5.82 Å². The van der Waals surface area contributed by atoms with Gasteiger partial charge >= 0.3 is 0 Å². The molecule has 210 valence electrons. The standard InChI is InChI=1S/C40H23N3S2/c1-2-12-24(13-3-1)39-41-38(37-28-17-7-11-21-35(28)45-40(37)42-39)27-16-5-9-19-32(27)43-31-18-8-4-14-25(31)29-22-30-26-15-6-10-20-34(26)44-36(30)23-33(29)43/h1-23H. The maximum absolute atomic E-state index is 5.36. The summed E-state index contributed by atoms with van der Waals surface area (Å²) in [6.45, 7) is 0. The highest BCUT2D eigenvalue weighted by atomic mass is 32.1. The second kappa shape index (κ2) is 9.57. The number of rotatable bonds is 3. The first-order valence-corrected chi connectivity index (χ1v) is 16.6. The summed E-state index contributed by atoms with van der Waals surface area (Å²) in [5, 5.41) is 7.44. The molecule has 45 heavy (non-hydrogen) atoms. The number of benzene rings is 6. The zero-order valence-electron chi connectivity index (χ0n) is 23.9. The van der Waals surface area contributed by atoms with E-state index in [1.165, 1.54) is 52.1 Å². The van der Waals surface area contributed by atoms with Gasteiger partial charge in [0.25, 0.3) is 0 Å². The molecule has 0 unspecified atom stereocenters. The molecule has 0 saturated heterocycles. The summed E-state index contributed by atoms with van der Waals surface area (Å²) in [6.07, 6.45) is 0. The molecule has 0 N–H and O–H groups in total. The molecule has 0 aliphatic heterocycles. The van der Waals surface area contributed by atoms with Gasteiger partial charge in [0.2, 0.25) is 0 Å². The third kappa shape index (κ3) is 3.69. The molecule has 0 aliphatic carbocycles. The van der Waals surface area contributed by atoms with Crippen LogP contribution in [0.4, 0.5) is 0 Å². The van der Waals surface area contributed by atoms with Crippen LogP contribution in [0.15, 0.2) is 140 Å². The van der Waals surface area contributed by atoms with E-state index in [1.54, 1.807) is 11.3 Å². The Bertz CT molecular complexity index is 2770. The largest absolute Gasteiger partial charge is 0.309 e. The molecular formula is C40H23N3S2. The summed E-state index contributed by atoms with van der Waals surface area (Å²) in [4.78, 5) is 11.5. The first-order valence-electron chi connectivity index (χ1n) is 15.0. The summed E-state index contributed by atoms with van der Waals surface area (Å²) >= 11 is 3.60. The van der Waals surface area contributed by atoms with E-state index >= 15 is 0 Å². The molecule has 0 aliphatic rings. The number of para-hydroxylation sites is 2. The first kappa shape index (κ1) is 25.0. The fourth-order valence-electron chi connectivity index (χ4n) is 6.85. The third-order valence-electron chi connectivity index (χ3n) is 8.84. The molecule has 10 rings (SSSR count). The van der Waals surface area contributed by atoms with Crippen LogP contribution >= 0.6 is 22.7 Å². The summed E-state index contributed by atoms with van der Waals surface area (Å²) < 4.78 is 6.27. The van der Waals surface area contributed by atoms with Gasteiger partial charge in [-0.15, -0.1) is 22.7 Å². The molecule has 0 saturated carbocycles. The van der Waals surface area contributed by atoms with Crippen LogP contribution in [0.5, 0.6) is 0 Å². The van der Waals surface area contributed by atoms with Crippen molar-refractivity contribution in [3.8, 4) is 28.3 Å². The van der Waals surface area contributed by atoms with Crippen molar-refractivity contribution in [1.29, 1.82) is 0 Å². The Morgan fingerprint density at radius 2 is 1.16 bits per heavy atom. The molecule has 3 nitrogen and oxygen atoms in total. The SMILES string of the molecule is c1ccc(-c2nc(-c3ccccc3-n3c4ccccc4c4cc5c(cc43)sc3ccccc35)c3c(n2)sc2ccccc23)cc1. The number of hydrogen-bond donors (Lipinski definition) is 0. The van der Waals surface area contributed by atoms with Crippen LogP contribution in [0.1, 0.15) is 0 Å². The van der Waals surface area contributed by atoms with Crippen molar-refractivity contribution in [2.45, 2.75) is 0 Å². The minimum Gasteiger partial charge on any atom is -0.309 e. The van der Waals surface area contributed by atoms with Gasteiger partial charge in [0, 0.05) is 57.5 Å². The van der Waals surface area contributed by atoms with Gasteiger partial charge in [-0.2, -0.15) is 0 Å². The lowest BCUT2D eigenvalue weighted by atomic mass is 10.0. The Balaban J connectivity index is 1.33. The fourth-order valence-corrected chi connectivity index (χ4v) is 9.05. The number of fused-ring (bicyclic) bond motifs is 9. The van der Waals surface area contributed by atoms with E-state index in [2.05, 4.69) is 126 Å². The van der Waals surface area contributed by atoms with Crippen LogP contribution in [-0.2, 0) is 0 Å². The summed E-state index contributed by atoms with van der Waals surface area (Å²) in [5.74, 6) is 0.744. The zero-order chi connectivity index (χ0) is 29.5. The van der Waals surface area contributed by atoms with E-state index in [0.717, 1.165) is 38.5 Å². The predicted octanol–water partition coefficient (Wildman–Crippen LogP) is 11.6. The van der Waals surface area contributed by atoms with Crippen molar-refractivity contribution < 1.29 is 0 Å². The highest BCUT2D eigenvalue weighted by molar-refractivity contribution is 7.26. The zero-order valence-corrected chi connectivity index (χ0v) is 25.6. The molecule has 5 heteroatoms. The van der Waals surface area contributed by atoms with Gasteiger partial charge < -0.3 is 4.57 Å². The predicted molar refractivity (Wildman–Crippen MR) is 193 cm³/mol. The Labute approximate surface area is 266 Å². The summed E-state index contributed by atoms with van der Waals surface area (Å²) in [5.41, 5.74) is 6.56. The number of nitrogens with zero attached hydrogens (tertiary/aromatic N) is 3. The van der Waals surface area contributed by atoms with Crippen molar-refractivity contribution in [3.63, 3.8) is 0 Å². The second-order valence-corrected chi connectivity index (χ2v) is 13.5. The molecule has 6 aromatic carbocycles. The van der Waals surface area contributed by atoms with Crippen LogP contribution < -0.4 is 0 Å². The van der Waals surface area contributed by atoms with E-state index in [0.29, 0.717) is 0 Å². The van der Waals surface area contributed by atoms with E-state index < -0.39 is 0 Å². The lowest BCUT2D eigenvalue weighted by molar-refractivity contribution is 1.17. The van der Waals surface area contributed by atoms with Gasteiger partial charge in [-0.25, -0.2) is 9.97 Å². The Kier molecular flexibility index (Phi) is 5.32. The van der Waals surface area contributed by atoms with Crippen LogP contribution in [0, 0.1) is 0 Å². The van der Waals surface area contributed by atoms with Gasteiger partial charge in [0.1, 0.15) is 4.83 Å². The molecular weight excluding hydrogens is 587 g/mol. The first-order chi connectivity index (χ1) is 22.3. The molecule has 4 aromatic heterocycles. The van der Waals surface area contributed by atoms with E-state index in [-0.39, 0.29) is 0 Å². The van der Waals surface area contributed by atoms with E-state index in [1.807, 2.05) is 29.5 Å². The highest BCUT2D eigenvalue weighted by Gasteiger charge is 2.22. The second-order valence-electron chi connectivity index (χ2n) is 11.4. The lowest BCUT2D eigenvalue weighted by Gasteiger charge is -2.15. The lowest BCUT2D eigenvalue weighted by Crippen LogP contribution is -2.00. The number of hydrogen-bond acceptors (Lipinski definition) is 4. The van der Waals surface area contributed by atoms with Gasteiger partial charge in [-0.1, -0.05) is 103 Å². The topological polar surface area (TPSA) is 30.7 Å². The molecule has 0 radical (unpaired) electrons. The molecule has 0 amide bonds. The van der Waals surface area contributed by atoms with E-state index in [9.17, 15) is 0 Å². The van der Waals surface area contributed by atoms with Gasteiger partial charge in [0.05, 0.1) is 22.4 Å². The van der Waals surface area contributed by atoms with Crippen molar-refractivity contribution in [3.05, 3.63) is 140 Å². The van der Waals surface area contributed by atoms with Crippen molar-refractivity contribution >= 4 is 85.0 Å². The number of thiophene rings is 2. The third-order valence-corrected chi connectivity index (χ3v) is 11.0. The normalized spacial score (nSPS) is 12.0. The van der Waals surface area contributed by atoms with E-state index in [4.69, 9.17) is 9.97 Å². The molecule has 0 bridgehead atoms. The van der Waals surface area contributed by atoms with Crippen LogP contribution in [0.2, 0.25) is 0 Å². The molecule has 10 aromatic rings.